The second kappa shape index (κ2) is 19.1. The third kappa shape index (κ3) is 20.1. The highest BCUT2D eigenvalue weighted by atomic mass is 16.1. The van der Waals surface area contributed by atoms with E-state index in [1.807, 2.05) is 6.08 Å². The molecule has 0 fully saturated rings. The molecule has 0 saturated carbocycles. The summed E-state index contributed by atoms with van der Waals surface area (Å²) in [4.78, 5) is 10.5. The molecule has 0 bridgehead atoms. The smallest absolute Gasteiger partial charge is 0.217 e. The van der Waals surface area contributed by atoms with E-state index >= 15 is 0 Å². The Bertz CT molecular complexity index is 480. The van der Waals surface area contributed by atoms with Gasteiger partial charge in [0.2, 0.25) is 5.91 Å². The highest BCUT2D eigenvalue weighted by molar-refractivity contribution is 5.73. The van der Waals surface area contributed by atoms with Gasteiger partial charge in [0.1, 0.15) is 0 Å². The summed E-state index contributed by atoms with van der Waals surface area (Å²) >= 11 is 0. The van der Waals surface area contributed by atoms with Crippen LogP contribution in [0.5, 0.6) is 0 Å². The molecule has 0 rings (SSSR count). The molecule has 0 spiro atoms. The summed E-state index contributed by atoms with van der Waals surface area (Å²) in [5, 5.41) is 0. The van der Waals surface area contributed by atoms with Crippen LogP contribution in [-0.4, -0.2) is 5.91 Å². The van der Waals surface area contributed by atoms with E-state index < -0.39 is 0 Å². The molecule has 24 heavy (non-hydrogen) atoms. The quantitative estimate of drug-likeness (QED) is 0.295. The van der Waals surface area contributed by atoms with Crippen molar-refractivity contribution in [3.05, 3.63) is 24.3 Å². The lowest BCUT2D eigenvalue weighted by Gasteiger charge is -1.95. The molecule has 0 aliphatic rings. The zero-order valence-electron chi connectivity index (χ0n) is 15.3. The van der Waals surface area contributed by atoms with Gasteiger partial charge in [-0.25, -0.2) is 0 Å². The van der Waals surface area contributed by atoms with Crippen molar-refractivity contribution in [3.8, 4) is 23.7 Å². The minimum atomic E-state index is -0.253. The lowest BCUT2D eigenvalue weighted by Crippen LogP contribution is -2.09. The molecule has 0 aromatic rings. The van der Waals surface area contributed by atoms with Gasteiger partial charge in [0.25, 0.3) is 0 Å². The van der Waals surface area contributed by atoms with Crippen LogP contribution < -0.4 is 5.73 Å². The van der Waals surface area contributed by atoms with Crippen LogP contribution in [0.15, 0.2) is 24.3 Å². The standard InChI is InChI=1S/C22H33NO/c1-2-3-4-5-6-7-8-9-10-11-12-13-14-15-16-17-18-19-20-21-22(23)24/h8-9,14-15H,2-7,10,13,16,19-21H2,1H3,(H2,23,24)/b9-8-,15-14-. The number of allylic oxidation sites excluding steroid dienone is 4. The minimum absolute atomic E-state index is 0.253. The third-order valence-electron chi connectivity index (χ3n) is 3.44. The maximum atomic E-state index is 10.5. The van der Waals surface area contributed by atoms with Crippen molar-refractivity contribution < 1.29 is 4.79 Å². The van der Waals surface area contributed by atoms with E-state index in [1.165, 1.54) is 38.5 Å². The van der Waals surface area contributed by atoms with Crippen LogP contribution in [-0.2, 0) is 4.79 Å². The van der Waals surface area contributed by atoms with Gasteiger partial charge in [0, 0.05) is 32.1 Å². The summed E-state index contributed by atoms with van der Waals surface area (Å²) in [6, 6.07) is 0. The predicted octanol–water partition coefficient (Wildman–Crippen LogP) is 5.29. The molecule has 0 aliphatic carbocycles. The van der Waals surface area contributed by atoms with Crippen LogP contribution >= 0.6 is 0 Å². The summed E-state index contributed by atoms with van der Waals surface area (Å²) in [7, 11) is 0. The number of unbranched alkanes of at least 4 members (excludes halogenated alkanes) is 6. The molecule has 0 saturated heterocycles. The van der Waals surface area contributed by atoms with E-state index in [0.717, 1.165) is 32.1 Å². The fraction of sp³-hybridized carbons (Fsp3) is 0.591. The van der Waals surface area contributed by atoms with Gasteiger partial charge in [-0.15, -0.1) is 5.92 Å². The molecule has 0 aromatic carbocycles. The van der Waals surface area contributed by atoms with Crippen LogP contribution in [0, 0.1) is 23.7 Å². The number of amides is 1. The Hall–Kier alpha value is -1.93. The zero-order chi connectivity index (χ0) is 17.7. The Morgan fingerprint density at radius 1 is 0.792 bits per heavy atom. The van der Waals surface area contributed by atoms with E-state index in [9.17, 15) is 4.79 Å². The van der Waals surface area contributed by atoms with Crippen molar-refractivity contribution in [1.29, 1.82) is 0 Å². The first-order valence-corrected chi connectivity index (χ1v) is 9.27. The first kappa shape index (κ1) is 22.1. The third-order valence-corrected chi connectivity index (χ3v) is 3.44. The SMILES string of the molecule is CCCCCCC/C=C\CC#CC/C=C\CC#CCCCC(N)=O. The molecule has 2 heteroatoms. The van der Waals surface area contributed by atoms with Gasteiger partial charge >= 0.3 is 0 Å². The van der Waals surface area contributed by atoms with Crippen LogP contribution in [0.1, 0.15) is 84.0 Å². The first-order chi connectivity index (χ1) is 11.8. The summed E-state index contributed by atoms with van der Waals surface area (Å²) in [5.41, 5.74) is 5.05. The lowest BCUT2D eigenvalue weighted by atomic mass is 10.1. The molecular formula is C22H33NO. The van der Waals surface area contributed by atoms with E-state index in [1.54, 1.807) is 0 Å². The largest absolute Gasteiger partial charge is 0.370 e. The number of hydrogen-bond acceptors (Lipinski definition) is 1. The molecule has 1 amide bonds. The average Bonchev–Trinajstić information content (AvgIpc) is 2.56. The molecule has 2 N–H and O–H groups in total. The summed E-state index contributed by atoms with van der Waals surface area (Å²) < 4.78 is 0. The van der Waals surface area contributed by atoms with Gasteiger partial charge in [0.05, 0.1) is 0 Å². The van der Waals surface area contributed by atoms with Crippen molar-refractivity contribution in [2.45, 2.75) is 84.0 Å². The van der Waals surface area contributed by atoms with Gasteiger partial charge in [0.15, 0.2) is 0 Å². The minimum Gasteiger partial charge on any atom is -0.370 e. The average molecular weight is 328 g/mol. The number of carbonyl (C=O) groups is 1. The topological polar surface area (TPSA) is 43.1 Å². The van der Waals surface area contributed by atoms with Crippen molar-refractivity contribution in [3.63, 3.8) is 0 Å². The number of hydrogen-bond donors (Lipinski definition) is 1. The van der Waals surface area contributed by atoms with E-state index in [0.29, 0.717) is 6.42 Å². The fourth-order valence-corrected chi connectivity index (χ4v) is 2.07. The second-order valence-corrected chi connectivity index (χ2v) is 5.79. The molecule has 0 unspecified atom stereocenters. The number of rotatable bonds is 12. The van der Waals surface area contributed by atoms with Crippen LogP contribution in [0.25, 0.3) is 0 Å². The molecule has 2 nitrogen and oxygen atoms in total. The second-order valence-electron chi connectivity index (χ2n) is 5.79. The molecule has 132 valence electrons. The molecular weight excluding hydrogens is 294 g/mol. The van der Waals surface area contributed by atoms with Gasteiger partial charge < -0.3 is 5.73 Å². The van der Waals surface area contributed by atoms with Gasteiger partial charge in [-0.3, -0.25) is 4.79 Å². The maximum Gasteiger partial charge on any atom is 0.217 e. The highest BCUT2D eigenvalue weighted by Crippen LogP contribution is 2.05. The maximum absolute atomic E-state index is 10.5. The summed E-state index contributed by atoms with van der Waals surface area (Å²) in [6.45, 7) is 2.25. The molecule has 0 aromatic heterocycles. The Kier molecular flexibility index (Phi) is 17.6. The van der Waals surface area contributed by atoms with E-state index in [-0.39, 0.29) is 5.91 Å². The monoisotopic (exact) mass is 327 g/mol. The molecule has 0 aliphatic heterocycles. The van der Waals surface area contributed by atoms with Crippen molar-refractivity contribution in [2.75, 3.05) is 0 Å². The zero-order valence-corrected chi connectivity index (χ0v) is 15.3. The molecule has 0 atom stereocenters. The van der Waals surface area contributed by atoms with E-state index in [2.05, 4.69) is 48.8 Å². The Labute approximate surface area is 149 Å². The normalized spacial score (nSPS) is 10.4. The molecule has 0 radical (unpaired) electrons. The number of nitrogens with two attached hydrogens (primary N) is 1. The van der Waals surface area contributed by atoms with Crippen LogP contribution in [0.4, 0.5) is 0 Å². The number of primary amides is 1. The Morgan fingerprint density at radius 2 is 1.38 bits per heavy atom. The highest BCUT2D eigenvalue weighted by Gasteiger charge is 1.90. The van der Waals surface area contributed by atoms with E-state index in [4.69, 9.17) is 5.73 Å². The van der Waals surface area contributed by atoms with Crippen molar-refractivity contribution in [1.82, 2.24) is 0 Å². The van der Waals surface area contributed by atoms with Gasteiger partial charge in [-0.05, 0) is 19.3 Å². The number of carbonyl (C=O) groups excluding carboxylic acids is 1. The van der Waals surface area contributed by atoms with Crippen molar-refractivity contribution in [2.24, 2.45) is 5.73 Å². The van der Waals surface area contributed by atoms with Crippen molar-refractivity contribution >= 4 is 5.91 Å². The lowest BCUT2D eigenvalue weighted by molar-refractivity contribution is -0.118. The van der Waals surface area contributed by atoms with Gasteiger partial charge in [-0.2, -0.15) is 0 Å². The summed E-state index contributed by atoms with van der Waals surface area (Å²) in [6.07, 6.45) is 20.7. The van der Waals surface area contributed by atoms with Crippen LogP contribution in [0.3, 0.4) is 0 Å². The predicted molar refractivity (Wildman–Crippen MR) is 104 cm³/mol. The summed E-state index contributed by atoms with van der Waals surface area (Å²) in [5.74, 6) is 12.1. The Balaban J connectivity index is 3.46. The first-order valence-electron chi connectivity index (χ1n) is 9.27. The van der Waals surface area contributed by atoms with Crippen LogP contribution in [0.2, 0.25) is 0 Å². The molecule has 0 heterocycles. The van der Waals surface area contributed by atoms with Gasteiger partial charge in [-0.1, -0.05) is 74.7 Å². The Morgan fingerprint density at radius 3 is 2.00 bits per heavy atom. The fourth-order valence-electron chi connectivity index (χ4n) is 2.07.